The third kappa shape index (κ3) is 7.05. The highest BCUT2D eigenvalue weighted by molar-refractivity contribution is 5.85. The van der Waals surface area contributed by atoms with E-state index in [1.54, 1.807) is 13.8 Å². The van der Waals surface area contributed by atoms with Gasteiger partial charge in [-0.05, 0) is 94.5 Å². The van der Waals surface area contributed by atoms with Crippen LogP contribution in [0.1, 0.15) is 105 Å². The van der Waals surface area contributed by atoms with Gasteiger partial charge in [-0.3, -0.25) is 0 Å². The number of rotatable bonds is 7. The fourth-order valence-corrected chi connectivity index (χ4v) is 12.9. The summed E-state index contributed by atoms with van der Waals surface area (Å²) in [5, 5.41) is 66.3. The number of hydrogen-bond donors (Lipinski definition) is 6. The predicted octanol–water partition coefficient (Wildman–Crippen LogP) is 2.22. The summed E-state index contributed by atoms with van der Waals surface area (Å²) in [7, 11) is 0. The van der Waals surface area contributed by atoms with Crippen molar-refractivity contribution in [3.8, 4) is 0 Å². The SMILES string of the molecule is C[C@H]1O[C@@H](O[C@@H]2[C@H](O)C[C@@H](O[C@@H]3[C@H](O)C[C@@H](O[C@H]4CC[C@@]5(C)[C@@H](CC[C@H]6[C@H]5CC[C@]5(C)[C@H](C7=CC(=O)OC7)[C@H](O)C[C@]65O)C4)O[C@@H]3C)O[C@@H]2C)C[C@H](O)[C@@H]1O. The predicted molar refractivity (Wildman–Crippen MR) is 193 cm³/mol. The first-order chi connectivity index (χ1) is 26.0. The first-order valence-electron chi connectivity index (χ1n) is 20.9. The van der Waals surface area contributed by atoms with Gasteiger partial charge in [0.05, 0.1) is 54.4 Å². The Bertz CT molecular complexity index is 1410. The van der Waals surface area contributed by atoms with Crippen LogP contribution in [-0.2, 0) is 38.0 Å². The zero-order valence-electron chi connectivity index (χ0n) is 32.9. The normalized spacial score (nSPS) is 55.5. The zero-order valence-corrected chi connectivity index (χ0v) is 32.9. The summed E-state index contributed by atoms with van der Waals surface area (Å²) in [6.45, 7) is 9.98. The first-order valence-corrected chi connectivity index (χ1v) is 20.9. The fourth-order valence-electron chi connectivity index (χ4n) is 12.9. The minimum absolute atomic E-state index is 0.0203. The van der Waals surface area contributed by atoms with Crippen molar-refractivity contribution in [3.63, 3.8) is 0 Å². The Morgan fingerprint density at radius 1 is 0.691 bits per heavy atom. The quantitative estimate of drug-likeness (QED) is 0.162. The van der Waals surface area contributed by atoms with E-state index >= 15 is 0 Å². The number of esters is 1. The van der Waals surface area contributed by atoms with Crippen LogP contribution < -0.4 is 0 Å². The van der Waals surface area contributed by atoms with Crippen LogP contribution >= 0.6 is 0 Å². The lowest BCUT2D eigenvalue weighted by atomic mass is 9.43. The Kier molecular flexibility index (Phi) is 11.1. The third-order valence-corrected chi connectivity index (χ3v) is 15.8. The number of fused-ring (bicyclic) bond motifs is 5. The average Bonchev–Trinajstić information content (AvgIpc) is 3.62. The van der Waals surface area contributed by atoms with Gasteiger partial charge in [-0.1, -0.05) is 13.8 Å². The second kappa shape index (κ2) is 15.1. The molecule has 21 atom stereocenters. The maximum atomic E-state index is 12.6. The van der Waals surface area contributed by atoms with Crippen LogP contribution in [0.2, 0.25) is 0 Å². The molecule has 3 saturated heterocycles. The van der Waals surface area contributed by atoms with Crippen LogP contribution in [0.3, 0.4) is 0 Å². The minimum atomic E-state index is -1.01. The molecule has 55 heavy (non-hydrogen) atoms. The Morgan fingerprint density at radius 3 is 1.87 bits per heavy atom. The van der Waals surface area contributed by atoms with Gasteiger partial charge in [-0.25, -0.2) is 4.79 Å². The van der Waals surface area contributed by atoms with Gasteiger partial charge >= 0.3 is 5.97 Å². The van der Waals surface area contributed by atoms with Crippen LogP contribution in [0.4, 0.5) is 0 Å². The van der Waals surface area contributed by atoms with E-state index in [0.29, 0.717) is 18.3 Å². The number of carbonyl (C=O) groups is 1. The summed E-state index contributed by atoms with van der Waals surface area (Å²) in [5.41, 5.74) is -0.686. The number of aliphatic hydroxyl groups excluding tert-OH is 5. The van der Waals surface area contributed by atoms with Crippen molar-refractivity contribution >= 4 is 5.97 Å². The Hall–Kier alpha value is -1.27. The highest BCUT2D eigenvalue weighted by Gasteiger charge is 2.70. The lowest BCUT2D eigenvalue weighted by Crippen LogP contribution is -2.62. The van der Waals surface area contributed by atoms with Crippen molar-refractivity contribution in [1.82, 2.24) is 0 Å². The molecular weight excluding hydrogens is 716 g/mol. The van der Waals surface area contributed by atoms with Gasteiger partial charge < -0.3 is 63.8 Å². The van der Waals surface area contributed by atoms with Crippen molar-refractivity contribution in [2.24, 2.45) is 34.5 Å². The molecule has 4 aliphatic heterocycles. The molecule has 6 N–H and O–H groups in total. The van der Waals surface area contributed by atoms with E-state index in [9.17, 15) is 35.4 Å². The smallest absolute Gasteiger partial charge is 0.331 e. The molecule has 0 aromatic heterocycles. The lowest BCUT2D eigenvalue weighted by Gasteiger charge is -2.63. The van der Waals surface area contributed by atoms with Crippen molar-refractivity contribution in [2.45, 2.75) is 197 Å². The third-order valence-electron chi connectivity index (χ3n) is 15.8. The molecule has 8 aliphatic rings. The Labute approximate surface area is 323 Å². The second-order valence-corrected chi connectivity index (χ2v) is 18.9. The average molecular weight is 781 g/mol. The molecule has 8 rings (SSSR count). The molecule has 0 amide bonds. The van der Waals surface area contributed by atoms with Crippen LogP contribution in [0.15, 0.2) is 11.6 Å². The van der Waals surface area contributed by atoms with E-state index in [-0.39, 0.29) is 55.2 Å². The maximum absolute atomic E-state index is 12.6. The summed E-state index contributed by atoms with van der Waals surface area (Å²) < 4.78 is 42.1. The largest absolute Gasteiger partial charge is 0.458 e. The molecule has 0 spiro atoms. The number of cyclic esters (lactones) is 1. The topological polar surface area (TPSA) is 203 Å². The molecule has 4 aliphatic carbocycles. The van der Waals surface area contributed by atoms with Crippen molar-refractivity contribution < 1.29 is 68.6 Å². The van der Waals surface area contributed by atoms with E-state index in [0.717, 1.165) is 50.5 Å². The number of aliphatic hydroxyl groups is 6. The van der Waals surface area contributed by atoms with Crippen molar-refractivity contribution in [2.75, 3.05) is 6.61 Å². The Balaban J connectivity index is 0.834. The fraction of sp³-hybridized carbons (Fsp3) is 0.927. The second-order valence-electron chi connectivity index (χ2n) is 18.9. The zero-order chi connectivity index (χ0) is 39.2. The van der Waals surface area contributed by atoms with Gasteiger partial charge in [0.25, 0.3) is 0 Å². The highest BCUT2D eigenvalue weighted by atomic mass is 16.7. The van der Waals surface area contributed by atoms with Gasteiger partial charge in [-0.15, -0.1) is 0 Å². The van der Waals surface area contributed by atoms with Crippen molar-refractivity contribution in [1.29, 1.82) is 0 Å². The van der Waals surface area contributed by atoms with Gasteiger partial charge in [0.2, 0.25) is 0 Å². The van der Waals surface area contributed by atoms with Gasteiger partial charge in [0.15, 0.2) is 18.9 Å². The molecule has 0 radical (unpaired) electrons. The van der Waals surface area contributed by atoms with Gasteiger partial charge in [0.1, 0.15) is 24.9 Å². The molecule has 312 valence electrons. The van der Waals surface area contributed by atoms with Crippen LogP contribution in [0.5, 0.6) is 0 Å². The minimum Gasteiger partial charge on any atom is -0.458 e. The number of carbonyl (C=O) groups excluding carboxylic acids is 1. The van der Waals surface area contributed by atoms with E-state index in [4.69, 9.17) is 33.2 Å². The summed E-state index contributed by atoms with van der Waals surface area (Å²) in [6.07, 6.45) is -1.26. The number of hydrogen-bond acceptors (Lipinski definition) is 14. The first kappa shape index (κ1) is 40.5. The van der Waals surface area contributed by atoms with E-state index in [1.165, 1.54) is 6.08 Å². The molecule has 0 bridgehead atoms. The molecule has 14 nitrogen and oxygen atoms in total. The molecule has 0 aromatic rings. The van der Waals surface area contributed by atoms with Gasteiger partial charge in [-0.2, -0.15) is 0 Å². The maximum Gasteiger partial charge on any atom is 0.331 e. The lowest BCUT2D eigenvalue weighted by molar-refractivity contribution is -0.336. The number of ether oxygens (including phenoxy) is 7. The van der Waals surface area contributed by atoms with E-state index < -0.39 is 90.9 Å². The van der Waals surface area contributed by atoms with Gasteiger partial charge in [0, 0.05) is 43.1 Å². The highest BCUT2D eigenvalue weighted by Crippen LogP contribution is 2.70. The summed E-state index contributed by atoms with van der Waals surface area (Å²) in [6, 6.07) is 0. The molecule has 14 heteroatoms. The van der Waals surface area contributed by atoms with E-state index in [2.05, 4.69) is 13.8 Å². The summed E-state index contributed by atoms with van der Waals surface area (Å²) in [4.78, 5) is 12.0. The summed E-state index contributed by atoms with van der Waals surface area (Å²) in [5.74, 6) is 0.174. The van der Waals surface area contributed by atoms with Crippen LogP contribution in [-0.4, -0.2) is 135 Å². The monoisotopic (exact) mass is 780 g/mol. The summed E-state index contributed by atoms with van der Waals surface area (Å²) >= 11 is 0. The molecule has 0 unspecified atom stereocenters. The van der Waals surface area contributed by atoms with Crippen molar-refractivity contribution in [3.05, 3.63) is 11.6 Å². The molecule has 4 heterocycles. The molecule has 7 fully saturated rings. The molecular formula is C41H64O14. The molecule has 4 saturated carbocycles. The Morgan fingerprint density at radius 2 is 1.29 bits per heavy atom. The molecule has 0 aromatic carbocycles. The van der Waals surface area contributed by atoms with Crippen LogP contribution in [0, 0.1) is 34.5 Å². The standard InChI is InChI=1S/C41H64O14/c1-19-36(47)27(42)14-33(50-19)54-38-21(3)52-34(16-29(38)44)55-37-20(2)51-32(15-28(37)43)53-24-8-10-39(4)23(13-24)6-7-26-25(39)9-11-40(5)35(22-12-31(46)49-18-22)30(45)17-41(26,40)48/h12,19-21,23-30,32-38,42-45,47-48H,6-11,13-18H2,1-5H3/t19-,20-,21-,23+,24+,25-,26+,27+,28-,29-,30-,32-,33+,34-,35-,36-,37+,38+,39+,40-,41+/m1/s1. The van der Waals surface area contributed by atoms with Crippen LogP contribution in [0.25, 0.3) is 0 Å². The van der Waals surface area contributed by atoms with E-state index in [1.807, 2.05) is 6.92 Å².